The Hall–Kier alpha value is -1.82. The molecule has 0 saturated carbocycles. The first-order valence-electron chi connectivity index (χ1n) is 7.46. The number of hydrogen-bond acceptors (Lipinski definition) is 4. The highest BCUT2D eigenvalue weighted by Gasteiger charge is 2.16. The van der Waals surface area contributed by atoms with Crippen molar-refractivity contribution in [3.63, 3.8) is 0 Å². The molecule has 0 fully saturated rings. The summed E-state index contributed by atoms with van der Waals surface area (Å²) in [4.78, 5) is 4.31. The van der Waals surface area contributed by atoms with E-state index in [-0.39, 0.29) is 0 Å². The van der Waals surface area contributed by atoms with Gasteiger partial charge < -0.3 is 9.47 Å². The molecule has 7 heteroatoms. The molecule has 1 heterocycles. The van der Waals surface area contributed by atoms with E-state index in [2.05, 4.69) is 49.6 Å². The fourth-order valence-corrected chi connectivity index (χ4v) is 3.78. The molecule has 0 atom stereocenters. The number of nitriles is 1. The van der Waals surface area contributed by atoms with Gasteiger partial charge in [0.1, 0.15) is 16.8 Å². The largest absolute Gasteiger partial charge is 0.472 e. The van der Waals surface area contributed by atoms with Crippen molar-refractivity contribution in [1.82, 2.24) is 4.98 Å². The molecular formula is C19H11BrClIN2O2. The average Bonchev–Trinajstić information content (AvgIpc) is 2.65. The molecule has 0 saturated heterocycles. The minimum absolute atomic E-state index is 0.391. The van der Waals surface area contributed by atoms with Crippen LogP contribution in [0.3, 0.4) is 0 Å². The van der Waals surface area contributed by atoms with Crippen molar-refractivity contribution in [3.05, 3.63) is 78.9 Å². The molecule has 130 valence electrons. The standard InChI is InChI=1S/C19H11BrClIN2O2/c20-17-18(26-15-7-13(9-23)6-14(21)8-15)16(22)10-24-19(17)25-11-12-4-2-1-3-5-12/h1-8,10H,11H2. The first kappa shape index (κ1) is 19.0. The van der Waals surface area contributed by atoms with E-state index >= 15 is 0 Å². The zero-order valence-electron chi connectivity index (χ0n) is 13.2. The van der Waals surface area contributed by atoms with Crippen LogP contribution < -0.4 is 9.47 Å². The van der Waals surface area contributed by atoms with Gasteiger partial charge in [0.15, 0.2) is 5.75 Å². The van der Waals surface area contributed by atoms with Gasteiger partial charge in [-0.05, 0) is 62.3 Å². The second-order valence-electron chi connectivity index (χ2n) is 5.22. The van der Waals surface area contributed by atoms with Gasteiger partial charge in [-0.2, -0.15) is 5.26 Å². The SMILES string of the molecule is N#Cc1cc(Cl)cc(Oc2c(I)cnc(OCc3ccccc3)c2Br)c1. The summed E-state index contributed by atoms with van der Waals surface area (Å²) in [6, 6.07) is 16.7. The van der Waals surface area contributed by atoms with E-state index in [1.165, 1.54) is 0 Å². The lowest BCUT2D eigenvalue weighted by molar-refractivity contribution is 0.289. The van der Waals surface area contributed by atoms with Gasteiger partial charge in [-0.15, -0.1) is 0 Å². The van der Waals surface area contributed by atoms with Crippen molar-refractivity contribution >= 4 is 50.1 Å². The summed E-state index contributed by atoms with van der Waals surface area (Å²) >= 11 is 11.7. The number of pyridine rings is 1. The van der Waals surface area contributed by atoms with Crippen LogP contribution in [0.2, 0.25) is 5.02 Å². The molecule has 0 amide bonds. The molecule has 2 aromatic carbocycles. The molecule has 4 nitrogen and oxygen atoms in total. The Morgan fingerprint density at radius 3 is 2.69 bits per heavy atom. The summed E-state index contributed by atoms with van der Waals surface area (Å²) in [5.41, 5.74) is 1.46. The van der Waals surface area contributed by atoms with Crippen LogP contribution in [0.1, 0.15) is 11.1 Å². The van der Waals surface area contributed by atoms with Crippen LogP contribution in [-0.4, -0.2) is 4.98 Å². The lowest BCUT2D eigenvalue weighted by Crippen LogP contribution is -2.00. The molecule has 0 aliphatic heterocycles. The smallest absolute Gasteiger partial charge is 0.232 e. The molecule has 0 unspecified atom stereocenters. The van der Waals surface area contributed by atoms with Gasteiger partial charge in [-0.1, -0.05) is 41.9 Å². The van der Waals surface area contributed by atoms with Gasteiger partial charge >= 0.3 is 0 Å². The minimum atomic E-state index is 0.391. The predicted molar refractivity (Wildman–Crippen MR) is 112 cm³/mol. The molecule has 0 aliphatic rings. The number of benzene rings is 2. The van der Waals surface area contributed by atoms with Crippen molar-refractivity contribution in [2.45, 2.75) is 6.61 Å². The molecule has 26 heavy (non-hydrogen) atoms. The molecule has 0 radical (unpaired) electrons. The third-order valence-electron chi connectivity index (χ3n) is 3.34. The van der Waals surface area contributed by atoms with E-state index in [0.29, 0.717) is 39.0 Å². The number of rotatable bonds is 5. The number of aromatic nitrogens is 1. The molecule has 0 N–H and O–H groups in total. The van der Waals surface area contributed by atoms with E-state index < -0.39 is 0 Å². The number of hydrogen-bond donors (Lipinski definition) is 0. The van der Waals surface area contributed by atoms with E-state index in [1.807, 2.05) is 30.3 Å². The predicted octanol–water partition coefficient (Wildman–Crippen LogP) is 6.35. The van der Waals surface area contributed by atoms with Crippen LogP contribution in [0.4, 0.5) is 0 Å². The van der Waals surface area contributed by atoms with E-state index in [9.17, 15) is 0 Å². The van der Waals surface area contributed by atoms with Gasteiger partial charge in [0.2, 0.25) is 5.88 Å². The molecular weight excluding hydrogens is 530 g/mol. The van der Waals surface area contributed by atoms with E-state index in [4.69, 9.17) is 26.3 Å². The van der Waals surface area contributed by atoms with Crippen molar-refractivity contribution in [2.75, 3.05) is 0 Å². The highest BCUT2D eigenvalue weighted by Crippen LogP contribution is 2.39. The zero-order chi connectivity index (χ0) is 18.5. The third kappa shape index (κ3) is 4.67. The van der Waals surface area contributed by atoms with Crippen molar-refractivity contribution in [1.29, 1.82) is 5.26 Å². The van der Waals surface area contributed by atoms with Crippen LogP contribution >= 0.6 is 50.1 Å². The van der Waals surface area contributed by atoms with Crippen molar-refractivity contribution < 1.29 is 9.47 Å². The maximum Gasteiger partial charge on any atom is 0.232 e. The molecule has 0 aliphatic carbocycles. The van der Waals surface area contributed by atoms with E-state index in [1.54, 1.807) is 24.4 Å². The Morgan fingerprint density at radius 1 is 1.19 bits per heavy atom. The second kappa shape index (κ2) is 8.71. The molecule has 0 bridgehead atoms. The maximum atomic E-state index is 9.08. The third-order valence-corrected chi connectivity index (χ3v) is 5.02. The lowest BCUT2D eigenvalue weighted by Gasteiger charge is -2.13. The molecule has 3 aromatic rings. The Labute approximate surface area is 178 Å². The monoisotopic (exact) mass is 540 g/mol. The Kier molecular flexibility index (Phi) is 6.35. The molecule has 0 spiro atoms. The topological polar surface area (TPSA) is 55.1 Å². The van der Waals surface area contributed by atoms with Gasteiger partial charge in [-0.3, -0.25) is 0 Å². The normalized spacial score (nSPS) is 10.2. The Balaban J connectivity index is 1.86. The Morgan fingerprint density at radius 2 is 1.96 bits per heavy atom. The fraction of sp³-hybridized carbons (Fsp3) is 0.0526. The zero-order valence-corrected chi connectivity index (χ0v) is 17.7. The van der Waals surface area contributed by atoms with Crippen molar-refractivity contribution in [3.8, 4) is 23.4 Å². The summed E-state index contributed by atoms with van der Waals surface area (Å²) in [5, 5.41) is 9.51. The van der Waals surface area contributed by atoms with Crippen LogP contribution in [0.5, 0.6) is 17.4 Å². The number of ether oxygens (including phenoxy) is 2. The minimum Gasteiger partial charge on any atom is -0.472 e. The van der Waals surface area contributed by atoms with Crippen LogP contribution in [0.25, 0.3) is 0 Å². The fourth-order valence-electron chi connectivity index (χ4n) is 2.16. The summed E-state index contributed by atoms with van der Waals surface area (Å²) in [7, 11) is 0. The van der Waals surface area contributed by atoms with Gasteiger partial charge in [0.25, 0.3) is 0 Å². The Bertz CT molecular complexity index is 977. The highest BCUT2D eigenvalue weighted by molar-refractivity contribution is 14.1. The van der Waals surface area contributed by atoms with Crippen LogP contribution in [0, 0.1) is 14.9 Å². The summed E-state index contributed by atoms with van der Waals surface area (Å²) < 4.78 is 13.1. The van der Waals surface area contributed by atoms with Crippen LogP contribution in [0.15, 0.2) is 59.2 Å². The molecule has 1 aromatic heterocycles. The summed E-state index contributed by atoms with van der Waals surface area (Å²) in [6.45, 7) is 0.391. The van der Waals surface area contributed by atoms with E-state index in [0.717, 1.165) is 9.13 Å². The maximum absolute atomic E-state index is 9.08. The first-order chi connectivity index (χ1) is 12.6. The average molecular weight is 542 g/mol. The summed E-state index contributed by atoms with van der Waals surface area (Å²) in [6.07, 6.45) is 1.66. The first-order valence-corrected chi connectivity index (χ1v) is 9.71. The second-order valence-corrected chi connectivity index (χ2v) is 7.61. The van der Waals surface area contributed by atoms with Crippen molar-refractivity contribution in [2.24, 2.45) is 0 Å². The number of halogens is 3. The van der Waals surface area contributed by atoms with Gasteiger partial charge in [0, 0.05) is 11.2 Å². The van der Waals surface area contributed by atoms with Gasteiger partial charge in [-0.25, -0.2) is 4.98 Å². The number of nitrogens with zero attached hydrogens (tertiary/aromatic N) is 2. The molecule has 3 rings (SSSR count). The van der Waals surface area contributed by atoms with Crippen LogP contribution in [-0.2, 0) is 6.61 Å². The summed E-state index contributed by atoms with van der Waals surface area (Å²) in [5.74, 6) is 1.44. The van der Waals surface area contributed by atoms with Gasteiger partial charge in [0.05, 0.1) is 15.2 Å². The lowest BCUT2D eigenvalue weighted by atomic mass is 10.2. The highest BCUT2D eigenvalue weighted by atomic mass is 127. The quantitative estimate of drug-likeness (QED) is 0.354.